The van der Waals surface area contributed by atoms with Gasteiger partial charge in [-0.1, -0.05) is 76.1 Å². The van der Waals surface area contributed by atoms with E-state index in [1.807, 2.05) is 6.92 Å². The topological polar surface area (TPSA) is 37.3 Å². The fraction of sp³-hybridized carbons (Fsp3) is 0.375. The highest BCUT2D eigenvalue weighted by molar-refractivity contribution is 5.98. The Morgan fingerprint density at radius 3 is 2.23 bits per heavy atom. The Balaban J connectivity index is 1.77. The number of benzene rings is 3. The second-order valence-electron chi connectivity index (χ2n) is 8.24. The predicted molar refractivity (Wildman–Crippen MR) is 110 cm³/mol. The zero-order valence-corrected chi connectivity index (χ0v) is 16.0. The summed E-state index contributed by atoms with van der Waals surface area (Å²) in [7, 11) is 0. The van der Waals surface area contributed by atoms with Crippen molar-refractivity contribution in [2.45, 2.75) is 51.9 Å². The van der Waals surface area contributed by atoms with Crippen LogP contribution in [-0.2, 0) is 10.2 Å². The minimum atomic E-state index is -0.696. The average Bonchev–Trinajstić information content (AvgIpc) is 2.58. The van der Waals surface area contributed by atoms with Gasteiger partial charge in [0.25, 0.3) is 0 Å². The van der Waals surface area contributed by atoms with Crippen LogP contribution in [0.15, 0.2) is 54.6 Å². The van der Waals surface area contributed by atoms with Gasteiger partial charge in [-0.2, -0.15) is 0 Å². The van der Waals surface area contributed by atoms with Crippen molar-refractivity contribution in [2.24, 2.45) is 5.92 Å². The Hall–Kier alpha value is -2.35. The molecular weight excluding hydrogens is 320 g/mol. The molecule has 0 aromatic heterocycles. The van der Waals surface area contributed by atoms with Crippen LogP contribution in [0.2, 0.25) is 0 Å². The number of carboxylic acid groups (broad SMARTS) is 1. The zero-order valence-electron chi connectivity index (χ0n) is 16.0. The molecular formula is C24H28O2. The van der Waals surface area contributed by atoms with E-state index in [2.05, 4.69) is 68.4 Å². The molecule has 0 bridgehead atoms. The smallest absolute Gasteiger partial charge is 0.303 e. The Bertz CT molecular complexity index is 924. The third kappa shape index (κ3) is 4.24. The minimum absolute atomic E-state index is 0.0861. The van der Waals surface area contributed by atoms with Crippen molar-refractivity contribution in [1.29, 1.82) is 0 Å². The standard InChI is InChI=1S/C24H28O2/c1-17(13-23(25)26)7-6-12-24(2,3)22-11-10-20-14-18-8-4-5-9-19(18)15-21(20)16-22/h4-5,8-11,14-17H,6-7,12-13H2,1-3H3,(H,25,26). The van der Waals surface area contributed by atoms with Crippen molar-refractivity contribution in [3.63, 3.8) is 0 Å². The first-order valence-corrected chi connectivity index (χ1v) is 9.50. The number of aliphatic carboxylic acids is 1. The first kappa shape index (κ1) is 18.4. The summed E-state index contributed by atoms with van der Waals surface area (Å²) in [5, 5.41) is 14.0. The fourth-order valence-corrected chi connectivity index (χ4v) is 3.80. The van der Waals surface area contributed by atoms with Gasteiger partial charge < -0.3 is 5.11 Å². The van der Waals surface area contributed by atoms with Gasteiger partial charge in [-0.05, 0) is 57.0 Å². The lowest BCUT2D eigenvalue weighted by atomic mass is 9.78. The Kier molecular flexibility index (Phi) is 5.31. The fourth-order valence-electron chi connectivity index (χ4n) is 3.80. The summed E-state index contributed by atoms with van der Waals surface area (Å²) in [6, 6.07) is 19.8. The molecule has 3 aromatic rings. The molecule has 0 amide bonds. The molecule has 1 atom stereocenters. The average molecular weight is 348 g/mol. The summed E-state index contributed by atoms with van der Waals surface area (Å²) in [4.78, 5) is 10.8. The highest BCUT2D eigenvalue weighted by Crippen LogP contribution is 2.33. The highest BCUT2D eigenvalue weighted by Gasteiger charge is 2.21. The van der Waals surface area contributed by atoms with Gasteiger partial charge in [0.2, 0.25) is 0 Å². The first-order valence-electron chi connectivity index (χ1n) is 9.50. The van der Waals surface area contributed by atoms with Crippen molar-refractivity contribution in [2.75, 3.05) is 0 Å². The largest absolute Gasteiger partial charge is 0.481 e. The second kappa shape index (κ2) is 7.49. The molecule has 1 unspecified atom stereocenters. The summed E-state index contributed by atoms with van der Waals surface area (Å²) < 4.78 is 0. The normalized spacial score (nSPS) is 13.2. The summed E-state index contributed by atoms with van der Waals surface area (Å²) in [6.07, 6.45) is 3.35. The molecule has 0 aliphatic heterocycles. The summed E-state index contributed by atoms with van der Waals surface area (Å²) in [6.45, 7) is 6.61. The molecule has 0 radical (unpaired) electrons. The van der Waals surface area contributed by atoms with E-state index in [4.69, 9.17) is 5.11 Å². The number of carboxylic acids is 1. The van der Waals surface area contributed by atoms with Gasteiger partial charge in [0.05, 0.1) is 0 Å². The van der Waals surface area contributed by atoms with Crippen LogP contribution in [0.25, 0.3) is 21.5 Å². The maximum atomic E-state index is 10.8. The zero-order chi connectivity index (χ0) is 18.7. The van der Waals surface area contributed by atoms with Gasteiger partial charge in [0.15, 0.2) is 0 Å². The molecule has 0 spiro atoms. The third-order valence-electron chi connectivity index (χ3n) is 5.51. The van der Waals surface area contributed by atoms with Crippen molar-refractivity contribution in [3.8, 4) is 0 Å². The van der Waals surface area contributed by atoms with E-state index < -0.39 is 5.97 Å². The van der Waals surface area contributed by atoms with Crippen LogP contribution in [0.3, 0.4) is 0 Å². The lowest BCUT2D eigenvalue weighted by Gasteiger charge is -2.26. The van der Waals surface area contributed by atoms with Crippen LogP contribution >= 0.6 is 0 Å². The first-order chi connectivity index (χ1) is 12.3. The number of rotatable bonds is 7. The van der Waals surface area contributed by atoms with Crippen LogP contribution < -0.4 is 0 Å². The van der Waals surface area contributed by atoms with Crippen molar-refractivity contribution in [1.82, 2.24) is 0 Å². The van der Waals surface area contributed by atoms with Gasteiger partial charge >= 0.3 is 5.97 Å². The maximum Gasteiger partial charge on any atom is 0.303 e. The van der Waals surface area contributed by atoms with E-state index in [0.29, 0.717) is 0 Å². The predicted octanol–water partition coefficient (Wildman–Crippen LogP) is 6.55. The van der Waals surface area contributed by atoms with Gasteiger partial charge in [-0.15, -0.1) is 0 Å². The number of carbonyl (C=O) groups is 1. The molecule has 136 valence electrons. The van der Waals surface area contributed by atoms with Crippen molar-refractivity contribution < 1.29 is 9.90 Å². The molecule has 0 fully saturated rings. The molecule has 26 heavy (non-hydrogen) atoms. The van der Waals surface area contributed by atoms with Gasteiger partial charge in [-0.3, -0.25) is 4.79 Å². The van der Waals surface area contributed by atoms with Crippen LogP contribution in [0.5, 0.6) is 0 Å². The SMILES string of the molecule is CC(CCCC(C)(C)c1ccc2cc3ccccc3cc2c1)CC(=O)O. The highest BCUT2D eigenvalue weighted by atomic mass is 16.4. The molecule has 3 aromatic carbocycles. The molecule has 2 heteroatoms. The van der Waals surface area contributed by atoms with E-state index in [1.165, 1.54) is 27.1 Å². The third-order valence-corrected chi connectivity index (χ3v) is 5.51. The van der Waals surface area contributed by atoms with Crippen LogP contribution in [0, 0.1) is 5.92 Å². The maximum absolute atomic E-state index is 10.8. The molecule has 2 nitrogen and oxygen atoms in total. The van der Waals surface area contributed by atoms with E-state index >= 15 is 0 Å². The molecule has 0 aliphatic rings. The van der Waals surface area contributed by atoms with Gasteiger partial charge in [0.1, 0.15) is 0 Å². The van der Waals surface area contributed by atoms with Gasteiger partial charge in [-0.25, -0.2) is 0 Å². The molecule has 1 N–H and O–H groups in total. The van der Waals surface area contributed by atoms with E-state index in [-0.39, 0.29) is 17.8 Å². The molecule has 0 heterocycles. The Labute approximate surface area is 155 Å². The van der Waals surface area contributed by atoms with Crippen molar-refractivity contribution >= 4 is 27.5 Å². The summed E-state index contributed by atoms with van der Waals surface area (Å²) >= 11 is 0. The van der Waals surface area contributed by atoms with E-state index in [0.717, 1.165) is 19.3 Å². The number of hydrogen-bond donors (Lipinski definition) is 1. The van der Waals surface area contributed by atoms with E-state index in [9.17, 15) is 4.79 Å². The lowest BCUT2D eigenvalue weighted by Crippen LogP contribution is -2.17. The Morgan fingerprint density at radius 2 is 1.58 bits per heavy atom. The molecule has 0 saturated heterocycles. The van der Waals surface area contributed by atoms with Crippen LogP contribution in [-0.4, -0.2) is 11.1 Å². The molecule has 3 rings (SSSR count). The monoisotopic (exact) mass is 348 g/mol. The van der Waals surface area contributed by atoms with Gasteiger partial charge in [0, 0.05) is 6.42 Å². The summed E-state index contributed by atoms with van der Waals surface area (Å²) in [5.74, 6) is -0.454. The number of fused-ring (bicyclic) bond motifs is 2. The minimum Gasteiger partial charge on any atom is -0.481 e. The van der Waals surface area contributed by atoms with Crippen LogP contribution in [0.1, 0.15) is 52.0 Å². The molecule has 0 aliphatic carbocycles. The lowest BCUT2D eigenvalue weighted by molar-refractivity contribution is -0.138. The van der Waals surface area contributed by atoms with Crippen LogP contribution in [0.4, 0.5) is 0 Å². The van der Waals surface area contributed by atoms with E-state index in [1.54, 1.807) is 0 Å². The quantitative estimate of drug-likeness (QED) is 0.491. The van der Waals surface area contributed by atoms with Crippen molar-refractivity contribution in [3.05, 3.63) is 60.2 Å². The second-order valence-corrected chi connectivity index (χ2v) is 8.24. The Morgan fingerprint density at radius 1 is 0.962 bits per heavy atom. The summed E-state index contributed by atoms with van der Waals surface area (Å²) in [5.41, 5.74) is 1.44. The number of hydrogen-bond acceptors (Lipinski definition) is 1. The molecule has 0 saturated carbocycles.